The van der Waals surface area contributed by atoms with Crippen molar-refractivity contribution in [3.8, 4) is 0 Å². The van der Waals surface area contributed by atoms with Gasteiger partial charge in [-0.05, 0) is 50.2 Å². The first-order valence-corrected chi connectivity index (χ1v) is 8.72. The normalized spacial score (nSPS) is 24.2. The lowest BCUT2D eigenvalue weighted by Crippen LogP contribution is -2.43. The molecule has 0 spiro atoms. The summed E-state index contributed by atoms with van der Waals surface area (Å²) in [6.07, 6.45) is 1.11. The van der Waals surface area contributed by atoms with E-state index >= 15 is 0 Å². The van der Waals surface area contributed by atoms with E-state index in [1.54, 1.807) is 26.2 Å². The molecule has 6 heteroatoms. The number of hydrogen-bond donors (Lipinski definition) is 1. The molecule has 0 amide bonds. The van der Waals surface area contributed by atoms with E-state index in [9.17, 15) is 8.42 Å². The Kier molecular flexibility index (Phi) is 4.91. The van der Waals surface area contributed by atoms with Crippen molar-refractivity contribution in [2.45, 2.75) is 24.3 Å². The molecule has 1 N–H and O–H groups in total. The third kappa shape index (κ3) is 3.75. The average molecular weight is 311 g/mol. The van der Waals surface area contributed by atoms with Gasteiger partial charge in [-0.2, -0.15) is 0 Å². The Hall–Kier alpha value is -1.11. The summed E-state index contributed by atoms with van der Waals surface area (Å²) in [6, 6.07) is 7.47. The lowest BCUT2D eigenvalue weighted by molar-refractivity contribution is 0.206. The van der Waals surface area contributed by atoms with E-state index in [0.717, 1.165) is 25.2 Å². The molecule has 21 heavy (non-hydrogen) atoms. The summed E-state index contributed by atoms with van der Waals surface area (Å²) in [4.78, 5) is 2.67. The molecule has 118 valence electrons. The van der Waals surface area contributed by atoms with E-state index < -0.39 is 10.0 Å². The van der Waals surface area contributed by atoms with Gasteiger partial charge < -0.3 is 10.2 Å². The van der Waals surface area contributed by atoms with Gasteiger partial charge in [0, 0.05) is 32.4 Å². The smallest absolute Gasteiger partial charge is 0.242 e. The summed E-state index contributed by atoms with van der Waals surface area (Å²) in [5.74, 6) is 0.578. The molecular weight excluding hydrogens is 286 g/mol. The van der Waals surface area contributed by atoms with Crippen LogP contribution in [0.4, 0.5) is 5.69 Å². The molecule has 0 bridgehead atoms. The van der Waals surface area contributed by atoms with Gasteiger partial charge in [0.05, 0.1) is 4.90 Å². The van der Waals surface area contributed by atoms with Crippen LogP contribution in [0.15, 0.2) is 29.2 Å². The standard InChI is InChI=1S/C15H25N3O2S/c1-12-11-18(4)10-9-15(12)16-13-5-7-14(8-6-13)21(19,20)17(2)3/h5-8,12,15-16H,9-11H2,1-4H3. The third-order valence-electron chi connectivity index (χ3n) is 4.09. The number of nitrogens with zero attached hydrogens (tertiary/aromatic N) is 2. The highest BCUT2D eigenvalue weighted by Gasteiger charge is 2.24. The molecule has 2 atom stereocenters. The van der Waals surface area contributed by atoms with E-state index in [1.165, 1.54) is 4.31 Å². The maximum Gasteiger partial charge on any atom is 0.242 e. The van der Waals surface area contributed by atoms with Crippen molar-refractivity contribution in [2.24, 2.45) is 5.92 Å². The van der Waals surface area contributed by atoms with Crippen LogP contribution in [0.2, 0.25) is 0 Å². The molecule has 1 saturated heterocycles. The summed E-state index contributed by atoms with van der Waals surface area (Å²) < 4.78 is 25.3. The van der Waals surface area contributed by atoms with Crippen LogP contribution in [-0.2, 0) is 10.0 Å². The van der Waals surface area contributed by atoms with E-state index in [2.05, 4.69) is 24.2 Å². The first kappa shape index (κ1) is 16.3. The topological polar surface area (TPSA) is 52.7 Å². The minimum Gasteiger partial charge on any atom is -0.382 e. The third-order valence-corrected chi connectivity index (χ3v) is 5.92. The van der Waals surface area contributed by atoms with Crippen molar-refractivity contribution < 1.29 is 8.42 Å². The van der Waals surface area contributed by atoms with Crippen molar-refractivity contribution in [3.05, 3.63) is 24.3 Å². The fraction of sp³-hybridized carbons (Fsp3) is 0.600. The highest BCUT2D eigenvalue weighted by atomic mass is 32.2. The Morgan fingerprint density at radius 3 is 2.38 bits per heavy atom. The van der Waals surface area contributed by atoms with Crippen LogP contribution < -0.4 is 5.32 Å². The van der Waals surface area contributed by atoms with Gasteiger partial charge in [-0.3, -0.25) is 0 Å². The highest BCUT2D eigenvalue weighted by molar-refractivity contribution is 7.89. The molecular formula is C15H25N3O2S. The fourth-order valence-electron chi connectivity index (χ4n) is 2.72. The molecule has 1 heterocycles. The van der Waals surface area contributed by atoms with Crippen LogP contribution in [0.25, 0.3) is 0 Å². The molecule has 2 rings (SSSR count). The van der Waals surface area contributed by atoms with Crippen molar-refractivity contribution in [1.29, 1.82) is 0 Å². The minimum absolute atomic E-state index is 0.328. The Bertz CT molecular complexity index is 569. The maximum absolute atomic E-state index is 12.0. The van der Waals surface area contributed by atoms with Crippen molar-refractivity contribution in [3.63, 3.8) is 0 Å². The summed E-state index contributed by atoms with van der Waals surface area (Å²) in [7, 11) is 1.89. The van der Waals surface area contributed by atoms with Crippen LogP contribution in [0.5, 0.6) is 0 Å². The van der Waals surface area contributed by atoms with Crippen LogP contribution in [0.3, 0.4) is 0 Å². The average Bonchev–Trinajstić information content (AvgIpc) is 2.42. The molecule has 0 aliphatic carbocycles. The van der Waals surface area contributed by atoms with Gasteiger partial charge in [0.2, 0.25) is 10.0 Å². The van der Waals surface area contributed by atoms with E-state index in [-0.39, 0.29) is 0 Å². The second kappa shape index (κ2) is 6.34. The predicted octanol–water partition coefficient (Wildman–Crippen LogP) is 1.69. The minimum atomic E-state index is -3.35. The van der Waals surface area contributed by atoms with Gasteiger partial charge in [0.1, 0.15) is 0 Å². The maximum atomic E-state index is 12.0. The fourth-order valence-corrected chi connectivity index (χ4v) is 3.62. The first-order chi connectivity index (χ1) is 9.80. The van der Waals surface area contributed by atoms with Gasteiger partial charge >= 0.3 is 0 Å². The number of likely N-dealkylation sites (tertiary alicyclic amines) is 1. The number of sulfonamides is 1. The lowest BCUT2D eigenvalue weighted by atomic mass is 9.94. The summed E-state index contributed by atoms with van der Waals surface area (Å²) in [5, 5.41) is 3.52. The Labute approximate surface area is 128 Å². The number of piperidine rings is 1. The van der Waals surface area contributed by atoms with Crippen LogP contribution in [0.1, 0.15) is 13.3 Å². The van der Waals surface area contributed by atoms with Crippen molar-refractivity contribution in [2.75, 3.05) is 39.5 Å². The molecule has 1 aromatic carbocycles. The molecule has 1 aliphatic heterocycles. The van der Waals surface area contributed by atoms with Crippen molar-refractivity contribution in [1.82, 2.24) is 9.21 Å². The predicted molar refractivity (Wildman–Crippen MR) is 86.0 cm³/mol. The van der Waals surface area contributed by atoms with Gasteiger partial charge in [-0.1, -0.05) is 6.92 Å². The molecule has 0 radical (unpaired) electrons. The first-order valence-electron chi connectivity index (χ1n) is 7.28. The quantitative estimate of drug-likeness (QED) is 0.919. The van der Waals surface area contributed by atoms with E-state index in [0.29, 0.717) is 16.9 Å². The highest BCUT2D eigenvalue weighted by Crippen LogP contribution is 2.22. The number of nitrogens with one attached hydrogen (secondary N) is 1. The molecule has 1 aromatic rings. The molecule has 1 fully saturated rings. The molecule has 0 aromatic heterocycles. The zero-order valence-corrected chi connectivity index (χ0v) is 14.0. The summed E-state index contributed by atoms with van der Waals surface area (Å²) in [5.41, 5.74) is 0.981. The van der Waals surface area contributed by atoms with Crippen LogP contribution in [0, 0.1) is 5.92 Å². The number of hydrogen-bond acceptors (Lipinski definition) is 4. The Morgan fingerprint density at radius 2 is 1.86 bits per heavy atom. The second-order valence-corrected chi connectivity index (χ2v) is 8.24. The summed E-state index contributed by atoms with van der Waals surface area (Å²) in [6.45, 7) is 4.43. The zero-order valence-electron chi connectivity index (χ0n) is 13.2. The van der Waals surface area contributed by atoms with Gasteiger partial charge in [0.25, 0.3) is 0 Å². The number of anilines is 1. The van der Waals surface area contributed by atoms with Gasteiger partial charge in [-0.15, -0.1) is 0 Å². The monoisotopic (exact) mass is 311 g/mol. The van der Waals surface area contributed by atoms with E-state index in [1.807, 2.05) is 12.1 Å². The Balaban J connectivity index is 2.06. The molecule has 2 unspecified atom stereocenters. The van der Waals surface area contributed by atoms with Crippen LogP contribution in [-0.4, -0.2) is 57.9 Å². The lowest BCUT2D eigenvalue weighted by Gasteiger charge is -2.35. The van der Waals surface area contributed by atoms with Crippen molar-refractivity contribution >= 4 is 15.7 Å². The molecule has 5 nitrogen and oxygen atoms in total. The Morgan fingerprint density at radius 1 is 1.24 bits per heavy atom. The number of rotatable bonds is 4. The zero-order chi connectivity index (χ0) is 15.6. The second-order valence-electron chi connectivity index (χ2n) is 6.09. The summed E-state index contributed by atoms with van der Waals surface area (Å²) >= 11 is 0. The molecule has 0 saturated carbocycles. The van der Waals surface area contributed by atoms with Gasteiger partial charge in [-0.25, -0.2) is 12.7 Å². The SMILES string of the molecule is CC1CN(C)CCC1Nc1ccc(S(=O)(=O)N(C)C)cc1. The van der Waals surface area contributed by atoms with Crippen LogP contribution >= 0.6 is 0 Å². The van der Waals surface area contributed by atoms with E-state index in [4.69, 9.17) is 0 Å². The largest absolute Gasteiger partial charge is 0.382 e. The van der Waals surface area contributed by atoms with Gasteiger partial charge in [0.15, 0.2) is 0 Å². The molecule has 1 aliphatic rings. The number of benzene rings is 1.